The van der Waals surface area contributed by atoms with E-state index in [2.05, 4.69) is 10.1 Å². The van der Waals surface area contributed by atoms with Gasteiger partial charge in [0.2, 0.25) is 0 Å². The second-order valence-corrected chi connectivity index (χ2v) is 6.11. The third-order valence-corrected chi connectivity index (χ3v) is 3.99. The zero-order valence-corrected chi connectivity index (χ0v) is 11.5. The number of nitrogens with one attached hydrogen (secondary N) is 1. The predicted octanol–water partition coefficient (Wildman–Crippen LogP) is 1.53. The number of aromatic nitrogens is 1. The van der Waals surface area contributed by atoms with Gasteiger partial charge in [-0.05, 0) is 24.5 Å². The van der Waals surface area contributed by atoms with E-state index in [0.717, 1.165) is 6.42 Å². The summed E-state index contributed by atoms with van der Waals surface area (Å²) >= 11 is 0. The van der Waals surface area contributed by atoms with Gasteiger partial charge < -0.3 is 9.63 Å². The van der Waals surface area contributed by atoms with Crippen molar-refractivity contribution in [2.24, 2.45) is 5.92 Å². The van der Waals surface area contributed by atoms with Crippen molar-refractivity contribution in [1.29, 1.82) is 0 Å². The zero-order chi connectivity index (χ0) is 13.9. The summed E-state index contributed by atoms with van der Waals surface area (Å²) in [5.74, 6) is 0.205. The molecule has 0 aliphatic carbocycles. The first kappa shape index (κ1) is 14.5. The minimum atomic E-state index is -3.91. The SMILES string of the molecule is [B][C@H]1C[C@@H](C)[C@@H](COP(=O)(O)Nc2ccncc2)O1. The van der Waals surface area contributed by atoms with Crippen LogP contribution in [0.4, 0.5) is 5.69 Å². The molecule has 1 saturated heterocycles. The second-order valence-electron chi connectivity index (χ2n) is 4.59. The molecule has 0 amide bonds. The number of nitrogens with zero attached hydrogens (tertiary/aromatic N) is 1. The molecule has 1 fully saturated rings. The number of anilines is 1. The van der Waals surface area contributed by atoms with Crippen molar-refractivity contribution in [3.8, 4) is 0 Å². The molecule has 1 aromatic rings. The summed E-state index contributed by atoms with van der Waals surface area (Å²) in [6, 6.07) is 2.84. The van der Waals surface area contributed by atoms with Crippen LogP contribution in [0, 0.1) is 5.92 Å². The molecule has 1 aliphatic rings. The highest BCUT2D eigenvalue weighted by atomic mass is 31.2. The number of ether oxygens (including phenoxy) is 1. The van der Waals surface area contributed by atoms with Gasteiger partial charge in [0.15, 0.2) is 0 Å². The standard InChI is InChI=1S/C11H16BN2O4P/c1-8-6-11(12)18-10(8)7-17-19(15,16)14-9-2-4-13-5-3-9/h2-5,8,10-11H,6-7H2,1H3,(H2,13,14,15,16)/t8-,10-,11-/m1/s1. The summed E-state index contributed by atoms with van der Waals surface area (Å²) in [5, 5.41) is 2.43. The largest absolute Gasteiger partial charge is 0.430 e. The molecule has 2 rings (SSSR count). The van der Waals surface area contributed by atoms with Crippen LogP contribution in [-0.2, 0) is 13.8 Å². The summed E-state index contributed by atoms with van der Waals surface area (Å²) in [6.45, 7) is 2.00. The Labute approximate surface area is 113 Å². The fourth-order valence-corrected chi connectivity index (χ4v) is 2.82. The highest BCUT2D eigenvalue weighted by molar-refractivity contribution is 7.54. The molecule has 6 nitrogen and oxygen atoms in total. The Morgan fingerprint density at radius 2 is 2.32 bits per heavy atom. The van der Waals surface area contributed by atoms with Crippen LogP contribution >= 0.6 is 7.75 Å². The Morgan fingerprint density at radius 1 is 1.63 bits per heavy atom. The van der Waals surface area contributed by atoms with Crippen LogP contribution in [0.15, 0.2) is 24.5 Å². The average molecular weight is 282 g/mol. The van der Waals surface area contributed by atoms with E-state index in [1.807, 2.05) is 6.92 Å². The molecule has 1 aromatic heterocycles. The van der Waals surface area contributed by atoms with Gasteiger partial charge in [0.05, 0.1) is 12.7 Å². The van der Waals surface area contributed by atoms with E-state index in [1.165, 1.54) is 12.4 Å². The number of rotatable bonds is 5. The molecule has 1 unspecified atom stereocenters. The average Bonchev–Trinajstić information content (AvgIpc) is 2.66. The number of pyridine rings is 1. The van der Waals surface area contributed by atoms with Crippen LogP contribution in [0.5, 0.6) is 0 Å². The topological polar surface area (TPSA) is 80.7 Å². The van der Waals surface area contributed by atoms with Crippen LogP contribution in [0.1, 0.15) is 13.3 Å². The molecule has 2 N–H and O–H groups in total. The summed E-state index contributed by atoms with van der Waals surface area (Å²) in [7, 11) is 1.73. The lowest BCUT2D eigenvalue weighted by atomic mass is 9.92. The lowest BCUT2D eigenvalue weighted by Crippen LogP contribution is -2.21. The van der Waals surface area contributed by atoms with Gasteiger partial charge in [0, 0.05) is 24.1 Å². The van der Waals surface area contributed by atoms with Crippen LogP contribution in [0.2, 0.25) is 0 Å². The minimum Gasteiger partial charge on any atom is -0.382 e. The molecule has 19 heavy (non-hydrogen) atoms. The fourth-order valence-electron chi connectivity index (χ4n) is 1.93. The summed E-state index contributed by atoms with van der Waals surface area (Å²) < 4.78 is 22.3. The minimum absolute atomic E-state index is 0.0285. The van der Waals surface area contributed by atoms with Crippen molar-refractivity contribution < 1.29 is 18.7 Å². The highest BCUT2D eigenvalue weighted by Gasteiger charge is 2.31. The third kappa shape index (κ3) is 4.32. The molecule has 2 radical (unpaired) electrons. The van der Waals surface area contributed by atoms with E-state index in [9.17, 15) is 9.46 Å². The first-order chi connectivity index (χ1) is 8.96. The molecule has 0 aromatic carbocycles. The van der Waals surface area contributed by atoms with E-state index >= 15 is 0 Å². The monoisotopic (exact) mass is 282 g/mol. The van der Waals surface area contributed by atoms with Crippen molar-refractivity contribution in [2.75, 3.05) is 11.7 Å². The van der Waals surface area contributed by atoms with E-state index in [1.54, 1.807) is 12.1 Å². The second kappa shape index (κ2) is 6.05. The smallest absolute Gasteiger partial charge is 0.382 e. The van der Waals surface area contributed by atoms with Crippen LogP contribution < -0.4 is 5.09 Å². The Balaban J connectivity index is 1.86. The maximum Gasteiger partial charge on any atom is 0.430 e. The maximum absolute atomic E-state index is 11.8. The van der Waals surface area contributed by atoms with Crippen molar-refractivity contribution in [3.63, 3.8) is 0 Å². The van der Waals surface area contributed by atoms with Crippen molar-refractivity contribution >= 4 is 21.3 Å². The van der Waals surface area contributed by atoms with Crippen molar-refractivity contribution in [2.45, 2.75) is 25.5 Å². The van der Waals surface area contributed by atoms with Crippen LogP contribution in [-0.4, -0.2) is 36.4 Å². The molecule has 4 atom stereocenters. The Bertz CT molecular complexity index is 461. The van der Waals surface area contributed by atoms with Gasteiger partial charge in [-0.15, -0.1) is 0 Å². The molecular formula is C11H16BN2O4P. The normalized spacial score (nSPS) is 29.9. The van der Waals surface area contributed by atoms with Crippen LogP contribution in [0.25, 0.3) is 0 Å². The first-order valence-corrected chi connectivity index (χ1v) is 7.61. The molecule has 8 heteroatoms. The van der Waals surface area contributed by atoms with Gasteiger partial charge in [-0.25, -0.2) is 4.57 Å². The van der Waals surface area contributed by atoms with E-state index in [0.29, 0.717) is 5.69 Å². The van der Waals surface area contributed by atoms with Gasteiger partial charge in [-0.2, -0.15) is 0 Å². The van der Waals surface area contributed by atoms with E-state index in [4.69, 9.17) is 17.1 Å². The van der Waals surface area contributed by atoms with E-state index in [-0.39, 0.29) is 24.6 Å². The molecule has 2 heterocycles. The van der Waals surface area contributed by atoms with Gasteiger partial charge in [0.25, 0.3) is 0 Å². The van der Waals surface area contributed by atoms with Crippen molar-refractivity contribution in [1.82, 2.24) is 4.98 Å². The molecular weight excluding hydrogens is 266 g/mol. The van der Waals surface area contributed by atoms with Gasteiger partial charge in [-0.1, -0.05) is 6.92 Å². The molecule has 0 bridgehead atoms. The molecule has 1 aliphatic heterocycles. The Morgan fingerprint density at radius 3 is 2.89 bits per heavy atom. The maximum atomic E-state index is 11.8. The van der Waals surface area contributed by atoms with Gasteiger partial charge in [0.1, 0.15) is 7.85 Å². The third-order valence-electron chi connectivity index (χ3n) is 2.95. The predicted molar refractivity (Wildman–Crippen MR) is 71.8 cm³/mol. The number of hydrogen-bond donors (Lipinski definition) is 2. The summed E-state index contributed by atoms with van der Waals surface area (Å²) in [5.41, 5.74) is 0.470. The lowest BCUT2D eigenvalue weighted by molar-refractivity contribution is 0.0343. The Kier molecular flexibility index (Phi) is 4.63. The molecule has 102 valence electrons. The summed E-state index contributed by atoms with van der Waals surface area (Å²) in [6.07, 6.45) is 3.50. The molecule has 0 saturated carbocycles. The quantitative estimate of drug-likeness (QED) is 0.629. The number of hydrogen-bond acceptors (Lipinski definition) is 4. The van der Waals surface area contributed by atoms with Crippen LogP contribution in [0.3, 0.4) is 0 Å². The van der Waals surface area contributed by atoms with Gasteiger partial charge >= 0.3 is 7.75 Å². The zero-order valence-electron chi connectivity index (χ0n) is 10.6. The van der Waals surface area contributed by atoms with E-state index < -0.39 is 7.75 Å². The summed E-state index contributed by atoms with van der Waals surface area (Å²) in [4.78, 5) is 13.5. The Hall–Kier alpha value is -0.875. The first-order valence-electron chi connectivity index (χ1n) is 6.03. The fraction of sp³-hybridized carbons (Fsp3) is 0.545. The van der Waals surface area contributed by atoms with Gasteiger partial charge in [-0.3, -0.25) is 14.6 Å². The van der Waals surface area contributed by atoms with Crippen molar-refractivity contribution in [3.05, 3.63) is 24.5 Å². The lowest BCUT2D eigenvalue weighted by Gasteiger charge is -2.19. The highest BCUT2D eigenvalue weighted by Crippen LogP contribution is 2.42. The molecule has 0 spiro atoms.